The zero-order chi connectivity index (χ0) is 14.9. The number of hydrogen-bond donors (Lipinski definition) is 1. The van der Waals surface area contributed by atoms with Gasteiger partial charge in [-0.2, -0.15) is 5.10 Å². The van der Waals surface area contributed by atoms with Crippen LogP contribution in [0.5, 0.6) is 0 Å². The fourth-order valence-corrected chi connectivity index (χ4v) is 3.62. The lowest BCUT2D eigenvalue weighted by atomic mass is 10.1. The van der Waals surface area contributed by atoms with E-state index in [0.717, 1.165) is 17.0 Å². The molecule has 0 radical (unpaired) electrons. The first-order chi connectivity index (χ1) is 9.41. The van der Waals surface area contributed by atoms with Gasteiger partial charge in [0.1, 0.15) is 6.04 Å². The minimum Gasteiger partial charge on any atom is -0.480 e. The highest BCUT2D eigenvalue weighted by Gasteiger charge is 2.34. The second-order valence-corrected chi connectivity index (χ2v) is 5.99. The average Bonchev–Trinajstić information content (AvgIpc) is 2.95. The van der Waals surface area contributed by atoms with Gasteiger partial charge in [0.25, 0.3) is 0 Å². The zero-order valence-corrected chi connectivity index (χ0v) is 12.7. The zero-order valence-electron chi connectivity index (χ0n) is 11.9. The maximum absolute atomic E-state index is 12.2. The monoisotopic (exact) mass is 297 g/mol. The van der Waals surface area contributed by atoms with Gasteiger partial charge in [0.05, 0.1) is 11.6 Å². The van der Waals surface area contributed by atoms with Crippen LogP contribution in [-0.4, -0.2) is 49.3 Å². The third-order valence-electron chi connectivity index (χ3n) is 3.74. The molecule has 0 saturated carbocycles. The second kappa shape index (κ2) is 5.87. The summed E-state index contributed by atoms with van der Waals surface area (Å²) in [5.41, 5.74) is 3.07. The van der Waals surface area contributed by atoms with Crippen LogP contribution in [-0.2, 0) is 23.1 Å². The van der Waals surface area contributed by atoms with E-state index in [9.17, 15) is 9.59 Å². The fourth-order valence-electron chi connectivity index (χ4n) is 2.45. The third kappa shape index (κ3) is 2.82. The molecule has 110 valence electrons. The molecular formula is C13H19N3O3S. The number of aliphatic carboxylic acids is 1. The summed E-state index contributed by atoms with van der Waals surface area (Å²) >= 11 is 1.49. The number of amides is 1. The molecule has 1 aliphatic rings. The molecule has 1 atom stereocenters. The highest BCUT2D eigenvalue weighted by atomic mass is 32.2. The van der Waals surface area contributed by atoms with Gasteiger partial charge >= 0.3 is 5.97 Å². The van der Waals surface area contributed by atoms with Crippen molar-refractivity contribution in [2.24, 2.45) is 7.05 Å². The first-order valence-electron chi connectivity index (χ1n) is 6.51. The number of aryl methyl sites for hydroxylation is 2. The summed E-state index contributed by atoms with van der Waals surface area (Å²) in [6.45, 7) is 3.91. The van der Waals surface area contributed by atoms with E-state index in [1.165, 1.54) is 16.7 Å². The number of carboxylic acid groups (broad SMARTS) is 1. The number of carboxylic acids is 1. The largest absolute Gasteiger partial charge is 0.480 e. The molecular weight excluding hydrogens is 278 g/mol. The van der Waals surface area contributed by atoms with Crippen LogP contribution in [0, 0.1) is 13.8 Å². The van der Waals surface area contributed by atoms with E-state index >= 15 is 0 Å². The van der Waals surface area contributed by atoms with Crippen LogP contribution in [0.3, 0.4) is 0 Å². The third-order valence-corrected chi connectivity index (χ3v) is 4.75. The van der Waals surface area contributed by atoms with Crippen molar-refractivity contribution in [3.63, 3.8) is 0 Å². The van der Waals surface area contributed by atoms with E-state index in [-0.39, 0.29) is 5.91 Å². The molecule has 0 spiro atoms. The molecule has 1 amide bonds. The average molecular weight is 297 g/mol. The standard InChI is InChI=1S/C13H19N3O3S/c1-8-10(9(2)15(3)14-8)4-5-12(17)16-7-20-6-11(16)13(18)19/h11H,4-7H2,1-3H3,(H,18,19). The molecule has 0 bridgehead atoms. The van der Waals surface area contributed by atoms with E-state index in [0.29, 0.717) is 24.5 Å². The van der Waals surface area contributed by atoms with E-state index in [4.69, 9.17) is 5.11 Å². The molecule has 0 aliphatic carbocycles. The topological polar surface area (TPSA) is 75.4 Å². The Hall–Kier alpha value is -1.50. The van der Waals surface area contributed by atoms with Gasteiger partial charge in [0, 0.05) is 24.9 Å². The number of aromatic nitrogens is 2. The second-order valence-electron chi connectivity index (χ2n) is 4.99. The molecule has 1 fully saturated rings. The molecule has 6 nitrogen and oxygen atoms in total. The van der Waals surface area contributed by atoms with E-state index in [1.54, 1.807) is 4.68 Å². The normalized spacial score (nSPS) is 18.6. The van der Waals surface area contributed by atoms with Gasteiger partial charge in [-0.05, 0) is 25.8 Å². The molecule has 1 aliphatic heterocycles. The van der Waals surface area contributed by atoms with Crippen molar-refractivity contribution >= 4 is 23.6 Å². The molecule has 1 saturated heterocycles. The Morgan fingerprint density at radius 3 is 2.70 bits per heavy atom. The maximum Gasteiger partial charge on any atom is 0.327 e. The van der Waals surface area contributed by atoms with Gasteiger partial charge in [-0.3, -0.25) is 9.48 Å². The first-order valence-corrected chi connectivity index (χ1v) is 7.66. The fraction of sp³-hybridized carbons (Fsp3) is 0.615. The van der Waals surface area contributed by atoms with E-state index in [2.05, 4.69) is 5.10 Å². The van der Waals surface area contributed by atoms with Crippen molar-refractivity contribution in [1.29, 1.82) is 0 Å². The van der Waals surface area contributed by atoms with Crippen molar-refractivity contribution < 1.29 is 14.7 Å². The maximum atomic E-state index is 12.2. The predicted octanol–water partition coefficient (Wildman–Crippen LogP) is 0.956. The highest BCUT2D eigenvalue weighted by molar-refractivity contribution is 7.99. The number of carbonyl (C=O) groups excluding carboxylic acids is 1. The van der Waals surface area contributed by atoms with Crippen LogP contribution in [0.25, 0.3) is 0 Å². The molecule has 1 aromatic rings. The lowest BCUT2D eigenvalue weighted by Gasteiger charge is -2.20. The Morgan fingerprint density at radius 2 is 2.15 bits per heavy atom. The summed E-state index contributed by atoms with van der Waals surface area (Å²) in [4.78, 5) is 24.7. The van der Waals surface area contributed by atoms with Gasteiger partial charge in [-0.25, -0.2) is 4.79 Å². The number of thioether (sulfide) groups is 1. The summed E-state index contributed by atoms with van der Waals surface area (Å²) < 4.78 is 1.81. The first kappa shape index (κ1) is 14.9. The van der Waals surface area contributed by atoms with E-state index in [1.807, 2.05) is 20.9 Å². The SMILES string of the molecule is Cc1nn(C)c(C)c1CCC(=O)N1CSCC1C(=O)O. The summed E-state index contributed by atoms with van der Waals surface area (Å²) in [5, 5.41) is 13.4. The van der Waals surface area contributed by atoms with Gasteiger partial charge < -0.3 is 10.0 Å². The minimum atomic E-state index is -0.919. The van der Waals surface area contributed by atoms with Gasteiger partial charge in [0.15, 0.2) is 0 Å². The molecule has 1 unspecified atom stereocenters. The number of nitrogens with zero attached hydrogens (tertiary/aromatic N) is 3. The molecule has 2 heterocycles. The van der Waals surface area contributed by atoms with Crippen LogP contribution < -0.4 is 0 Å². The smallest absolute Gasteiger partial charge is 0.327 e. The molecule has 0 aromatic carbocycles. The van der Waals surface area contributed by atoms with Crippen molar-refractivity contribution in [2.75, 3.05) is 11.6 Å². The van der Waals surface area contributed by atoms with Crippen molar-refractivity contribution in [3.8, 4) is 0 Å². The summed E-state index contributed by atoms with van der Waals surface area (Å²) in [6, 6.07) is -0.677. The van der Waals surface area contributed by atoms with Crippen LogP contribution in [0.15, 0.2) is 0 Å². The molecule has 7 heteroatoms. The lowest BCUT2D eigenvalue weighted by molar-refractivity contribution is -0.147. The Labute approximate surface area is 122 Å². The predicted molar refractivity (Wildman–Crippen MR) is 76.6 cm³/mol. The van der Waals surface area contributed by atoms with Gasteiger partial charge in [-0.1, -0.05) is 0 Å². The summed E-state index contributed by atoms with van der Waals surface area (Å²) in [5.74, 6) is -0.0607. The number of rotatable bonds is 4. The summed E-state index contributed by atoms with van der Waals surface area (Å²) in [6.07, 6.45) is 0.940. The number of carbonyl (C=O) groups is 2. The quantitative estimate of drug-likeness (QED) is 0.895. The van der Waals surface area contributed by atoms with E-state index < -0.39 is 12.0 Å². The number of hydrogen-bond acceptors (Lipinski definition) is 4. The van der Waals surface area contributed by atoms with Crippen molar-refractivity contribution in [3.05, 3.63) is 17.0 Å². The molecule has 20 heavy (non-hydrogen) atoms. The Kier molecular flexibility index (Phi) is 4.37. The minimum absolute atomic E-state index is 0.0925. The van der Waals surface area contributed by atoms with Crippen LogP contribution in [0.1, 0.15) is 23.4 Å². The van der Waals surface area contributed by atoms with Gasteiger partial charge in [-0.15, -0.1) is 11.8 Å². The Balaban J connectivity index is 2.00. The Bertz CT molecular complexity index is 541. The lowest BCUT2D eigenvalue weighted by Crippen LogP contribution is -2.41. The van der Waals surface area contributed by atoms with Crippen molar-refractivity contribution in [2.45, 2.75) is 32.7 Å². The van der Waals surface area contributed by atoms with Crippen LogP contribution in [0.2, 0.25) is 0 Å². The van der Waals surface area contributed by atoms with Gasteiger partial charge in [0.2, 0.25) is 5.91 Å². The molecule has 1 aromatic heterocycles. The van der Waals surface area contributed by atoms with Crippen molar-refractivity contribution in [1.82, 2.24) is 14.7 Å². The highest BCUT2D eigenvalue weighted by Crippen LogP contribution is 2.23. The Morgan fingerprint density at radius 1 is 1.45 bits per heavy atom. The van der Waals surface area contributed by atoms with Crippen LogP contribution >= 0.6 is 11.8 Å². The molecule has 2 rings (SSSR count). The molecule has 1 N–H and O–H groups in total. The van der Waals surface area contributed by atoms with Crippen LogP contribution in [0.4, 0.5) is 0 Å². The summed E-state index contributed by atoms with van der Waals surface area (Å²) in [7, 11) is 1.88.